The molecular formula is C18H14ClFN4O2. The molecule has 3 rings (SSSR count). The summed E-state index contributed by atoms with van der Waals surface area (Å²) in [6.45, 7) is 1.93. The Bertz CT molecular complexity index is 970. The molecule has 3 N–H and O–H groups in total. The first-order valence-electron chi connectivity index (χ1n) is 7.70. The van der Waals surface area contributed by atoms with E-state index in [2.05, 4.69) is 15.0 Å². The van der Waals surface area contributed by atoms with Crippen LogP contribution in [0.3, 0.4) is 0 Å². The molecule has 26 heavy (non-hydrogen) atoms. The lowest BCUT2D eigenvalue weighted by atomic mass is 9.97. The molecule has 0 saturated heterocycles. The van der Waals surface area contributed by atoms with Crippen molar-refractivity contribution in [3.63, 3.8) is 0 Å². The topological polar surface area (TPSA) is 102 Å². The van der Waals surface area contributed by atoms with Crippen LogP contribution >= 0.6 is 11.6 Å². The number of halogens is 2. The predicted octanol–water partition coefficient (Wildman–Crippen LogP) is 3.84. The summed E-state index contributed by atoms with van der Waals surface area (Å²) in [6, 6.07) is 5.90. The summed E-state index contributed by atoms with van der Waals surface area (Å²) in [6.07, 6.45) is 3.57. The third-order valence-corrected chi connectivity index (χ3v) is 4.16. The Morgan fingerprint density at radius 1 is 1.23 bits per heavy atom. The molecule has 0 saturated carbocycles. The van der Waals surface area contributed by atoms with Gasteiger partial charge in [0.1, 0.15) is 23.5 Å². The zero-order valence-corrected chi connectivity index (χ0v) is 14.5. The Morgan fingerprint density at radius 2 is 2.00 bits per heavy atom. The highest BCUT2D eigenvalue weighted by atomic mass is 35.5. The van der Waals surface area contributed by atoms with Crippen molar-refractivity contribution < 1.29 is 14.3 Å². The van der Waals surface area contributed by atoms with Crippen molar-refractivity contribution in [2.75, 3.05) is 5.73 Å². The van der Waals surface area contributed by atoms with Crippen LogP contribution in [-0.2, 0) is 6.42 Å². The fourth-order valence-corrected chi connectivity index (χ4v) is 2.97. The minimum atomic E-state index is -1.43. The minimum absolute atomic E-state index is 0.203. The average molecular weight is 373 g/mol. The maximum Gasteiger partial charge on any atom is 0.340 e. The number of carboxylic acid groups (broad SMARTS) is 1. The van der Waals surface area contributed by atoms with E-state index < -0.39 is 17.3 Å². The van der Waals surface area contributed by atoms with Gasteiger partial charge < -0.3 is 10.8 Å². The molecule has 3 aromatic rings. The van der Waals surface area contributed by atoms with E-state index in [1.54, 1.807) is 18.3 Å². The Morgan fingerprint density at radius 3 is 2.58 bits per heavy atom. The Kier molecular flexibility index (Phi) is 4.81. The SMILES string of the molecule is CCc1ncnc(-c2cc(F)c(C(=O)O)c(Cl)c2)c1-c1ccc(N)nc1. The van der Waals surface area contributed by atoms with Gasteiger partial charge in [-0.2, -0.15) is 0 Å². The van der Waals surface area contributed by atoms with Crippen LogP contribution in [-0.4, -0.2) is 26.0 Å². The first-order chi connectivity index (χ1) is 12.4. The van der Waals surface area contributed by atoms with Gasteiger partial charge in [0.15, 0.2) is 0 Å². The first kappa shape index (κ1) is 17.8. The summed E-state index contributed by atoms with van der Waals surface area (Å²) in [4.78, 5) is 23.8. The minimum Gasteiger partial charge on any atom is -0.478 e. The lowest BCUT2D eigenvalue weighted by molar-refractivity contribution is 0.0692. The van der Waals surface area contributed by atoms with Gasteiger partial charge in [0, 0.05) is 22.9 Å². The number of pyridine rings is 1. The second-order valence-electron chi connectivity index (χ2n) is 5.49. The number of carboxylic acids is 1. The van der Waals surface area contributed by atoms with Gasteiger partial charge in [0.2, 0.25) is 0 Å². The monoisotopic (exact) mass is 372 g/mol. The van der Waals surface area contributed by atoms with Crippen molar-refractivity contribution in [2.24, 2.45) is 0 Å². The summed E-state index contributed by atoms with van der Waals surface area (Å²) in [5.74, 6) is -2.00. The third kappa shape index (κ3) is 3.21. The number of aromatic carboxylic acids is 1. The normalized spacial score (nSPS) is 10.7. The number of hydrogen-bond donors (Lipinski definition) is 2. The van der Waals surface area contributed by atoms with Gasteiger partial charge in [-0.3, -0.25) is 0 Å². The third-order valence-electron chi connectivity index (χ3n) is 3.87. The molecule has 0 spiro atoms. The van der Waals surface area contributed by atoms with E-state index in [4.69, 9.17) is 22.4 Å². The molecule has 1 aromatic carbocycles. The van der Waals surface area contributed by atoms with Gasteiger partial charge in [0.05, 0.1) is 16.4 Å². The van der Waals surface area contributed by atoms with E-state index >= 15 is 0 Å². The van der Waals surface area contributed by atoms with Crippen molar-refractivity contribution in [3.8, 4) is 22.4 Å². The Hall–Kier alpha value is -3.06. The molecular weight excluding hydrogens is 359 g/mol. The van der Waals surface area contributed by atoms with Crippen molar-refractivity contribution in [2.45, 2.75) is 13.3 Å². The first-order valence-corrected chi connectivity index (χ1v) is 8.08. The fourth-order valence-electron chi connectivity index (χ4n) is 2.68. The maximum atomic E-state index is 14.3. The second-order valence-corrected chi connectivity index (χ2v) is 5.90. The van der Waals surface area contributed by atoms with E-state index in [0.29, 0.717) is 34.6 Å². The molecule has 2 heterocycles. The van der Waals surface area contributed by atoms with Gasteiger partial charge in [-0.1, -0.05) is 18.5 Å². The highest BCUT2D eigenvalue weighted by Gasteiger charge is 2.20. The molecule has 0 fully saturated rings. The van der Waals surface area contributed by atoms with Crippen molar-refractivity contribution in [1.82, 2.24) is 15.0 Å². The number of aryl methyl sites for hydroxylation is 1. The smallest absolute Gasteiger partial charge is 0.340 e. The fraction of sp³-hybridized carbons (Fsp3) is 0.111. The molecule has 0 aliphatic heterocycles. The summed E-state index contributed by atoms with van der Waals surface area (Å²) >= 11 is 5.98. The van der Waals surface area contributed by atoms with Crippen molar-refractivity contribution in [3.05, 3.63) is 58.9 Å². The van der Waals surface area contributed by atoms with Crippen LogP contribution in [0.25, 0.3) is 22.4 Å². The van der Waals surface area contributed by atoms with Gasteiger partial charge in [0.25, 0.3) is 0 Å². The summed E-state index contributed by atoms with van der Waals surface area (Å²) in [5.41, 5.74) is 7.97. The zero-order chi connectivity index (χ0) is 18.8. The standard InChI is InChI=1S/C18H14ClFN4O2/c1-2-13-15(9-3-4-14(21)22-7-9)17(24-8-23-13)10-5-11(19)16(18(25)26)12(20)6-10/h3-8H,2H2,1H3,(H2,21,22)(H,25,26). The predicted molar refractivity (Wildman–Crippen MR) is 96.4 cm³/mol. The summed E-state index contributed by atoms with van der Waals surface area (Å²) in [5, 5.41) is 8.88. The number of nitrogens with zero attached hydrogens (tertiary/aromatic N) is 3. The second kappa shape index (κ2) is 7.05. The highest BCUT2D eigenvalue weighted by molar-refractivity contribution is 6.33. The van der Waals surface area contributed by atoms with Gasteiger partial charge in [-0.25, -0.2) is 24.1 Å². The summed E-state index contributed by atoms with van der Waals surface area (Å²) in [7, 11) is 0. The molecule has 132 valence electrons. The van der Waals surface area contributed by atoms with E-state index in [0.717, 1.165) is 11.8 Å². The molecule has 0 aliphatic carbocycles. The number of carbonyl (C=O) groups is 1. The van der Waals surface area contributed by atoms with Gasteiger partial charge >= 0.3 is 5.97 Å². The van der Waals surface area contributed by atoms with Gasteiger partial charge in [-0.15, -0.1) is 0 Å². The van der Waals surface area contributed by atoms with E-state index in [-0.39, 0.29) is 5.02 Å². The highest BCUT2D eigenvalue weighted by Crippen LogP contribution is 2.35. The molecule has 8 heteroatoms. The van der Waals surface area contributed by atoms with Gasteiger partial charge in [-0.05, 0) is 30.7 Å². The van der Waals surface area contributed by atoms with E-state index in [1.165, 1.54) is 12.4 Å². The number of hydrogen-bond acceptors (Lipinski definition) is 5. The summed E-state index contributed by atoms with van der Waals surface area (Å²) < 4.78 is 14.3. The van der Waals surface area contributed by atoms with Crippen LogP contribution in [0.15, 0.2) is 36.8 Å². The Labute approximate surface area is 153 Å². The quantitative estimate of drug-likeness (QED) is 0.721. The average Bonchev–Trinajstić information content (AvgIpc) is 2.60. The molecule has 0 unspecified atom stereocenters. The van der Waals surface area contributed by atoms with Crippen LogP contribution < -0.4 is 5.73 Å². The molecule has 0 aliphatic rings. The molecule has 6 nitrogen and oxygen atoms in total. The van der Waals surface area contributed by atoms with E-state index in [1.807, 2.05) is 6.92 Å². The van der Waals surface area contributed by atoms with Crippen molar-refractivity contribution in [1.29, 1.82) is 0 Å². The zero-order valence-electron chi connectivity index (χ0n) is 13.7. The van der Waals surface area contributed by atoms with Crippen LogP contribution in [0.1, 0.15) is 23.0 Å². The molecule has 0 bridgehead atoms. The molecule has 0 radical (unpaired) electrons. The Balaban J connectivity index is 2.26. The van der Waals surface area contributed by atoms with Crippen molar-refractivity contribution >= 4 is 23.4 Å². The largest absolute Gasteiger partial charge is 0.478 e. The number of nitrogens with two attached hydrogens (primary N) is 1. The van der Waals surface area contributed by atoms with E-state index in [9.17, 15) is 9.18 Å². The lowest BCUT2D eigenvalue weighted by Gasteiger charge is -2.14. The number of anilines is 1. The van der Waals surface area contributed by atoms with Crippen LogP contribution in [0.4, 0.5) is 10.2 Å². The number of benzene rings is 1. The van der Waals surface area contributed by atoms with Crippen LogP contribution in [0, 0.1) is 5.82 Å². The lowest BCUT2D eigenvalue weighted by Crippen LogP contribution is -2.04. The van der Waals surface area contributed by atoms with Crippen LogP contribution in [0.5, 0.6) is 0 Å². The molecule has 0 amide bonds. The molecule has 0 atom stereocenters. The van der Waals surface area contributed by atoms with Crippen LogP contribution in [0.2, 0.25) is 5.02 Å². The number of nitrogen functional groups attached to an aromatic ring is 1. The molecule has 2 aromatic heterocycles. The number of aromatic nitrogens is 3. The maximum absolute atomic E-state index is 14.3. The number of rotatable bonds is 4.